The summed E-state index contributed by atoms with van der Waals surface area (Å²) in [6.07, 6.45) is -2.16. The molecule has 0 amide bonds. The van der Waals surface area contributed by atoms with Gasteiger partial charge in [0.2, 0.25) is 0 Å². The van der Waals surface area contributed by atoms with E-state index in [2.05, 4.69) is 4.98 Å². The van der Waals surface area contributed by atoms with Crippen LogP contribution in [0.25, 0.3) is 0 Å². The summed E-state index contributed by atoms with van der Waals surface area (Å²) in [6, 6.07) is 0. The lowest BCUT2D eigenvalue weighted by Gasteiger charge is -2.13. The lowest BCUT2D eigenvalue weighted by molar-refractivity contribution is 0.141. The quantitative estimate of drug-likeness (QED) is 0.792. The Bertz CT molecular complexity index is 521. The van der Waals surface area contributed by atoms with Gasteiger partial charge in [-0.1, -0.05) is 0 Å². The molecule has 0 radical (unpaired) electrons. The number of nitrogens with zero attached hydrogens (tertiary/aromatic N) is 1. The van der Waals surface area contributed by atoms with Crippen LogP contribution in [0.2, 0.25) is 0 Å². The monoisotopic (exact) mass is 287 g/mol. The van der Waals surface area contributed by atoms with Crippen molar-refractivity contribution in [1.29, 1.82) is 0 Å². The lowest BCUT2D eigenvalue weighted by Crippen LogP contribution is -2.06. The number of rotatable bonds is 4. The topological polar surface area (TPSA) is 65.5 Å². The van der Waals surface area contributed by atoms with Gasteiger partial charge in [0.15, 0.2) is 16.4 Å². The number of hydrogen-bond acceptors (Lipinski definition) is 5. The normalized spacial score (nSPS) is 11.6. The minimum absolute atomic E-state index is 0.101. The standard InChI is InChI=1S/C8H8ClF2NO4S/c1-15-4-3-12-5(8(10)11)7(6(4)16-2)17(9,13)14/h3,8H,1-2H3. The first-order chi connectivity index (χ1) is 7.82. The molecule has 96 valence electrons. The molecule has 0 atom stereocenters. The minimum Gasteiger partial charge on any atom is -0.491 e. The SMILES string of the molecule is COc1cnc(C(F)F)c(S(=O)(=O)Cl)c1OC. The largest absolute Gasteiger partial charge is 0.491 e. The molecule has 0 fully saturated rings. The van der Waals surface area contributed by atoms with Crippen LogP contribution in [-0.2, 0) is 9.05 Å². The Labute approximate surface area is 101 Å². The van der Waals surface area contributed by atoms with Crippen LogP contribution in [0.4, 0.5) is 8.78 Å². The van der Waals surface area contributed by atoms with E-state index in [1.807, 2.05) is 0 Å². The number of halogens is 3. The predicted octanol–water partition coefficient (Wildman–Crippen LogP) is 1.96. The second-order valence-electron chi connectivity index (χ2n) is 2.81. The number of hydrogen-bond donors (Lipinski definition) is 0. The van der Waals surface area contributed by atoms with E-state index in [4.69, 9.17) is 20.2 Å². The van der Waals surface area contributed by atoms with Crippen molar-refractivity contribution in [2.75, 3.05) is 14.2 Å². The maximum atomic E-state index is 12.6. The maximum Gasteiger partial charge on any atom is 0.281 e. The molecule has 0 unspecified atom stereocenters. The van der Waals surface area contributed by atoms with Gasteiger partial charge in [-0.25, -0.2) is 22.2 Å². The third-order valence-electron chi connectivity index (χ3n) is 1.86. The number of pyridine rings is 1. The summed E-state index contributed by atoms with van der Waals surface area (Å²) >= 11 is 0. The molecular formula is C8H8ClF2NO4S. The van der Waals surface area contributed by atoms with Gasteiger partial charge in [-0.05, 0) is 0 Å². The summed E-state index contributed by atoms with van der Waals surface area (Å²) in [5.74, 6) is -0.496. The average molecular weight is 288 g/mol. The van der Waals surface area contributed by atoms with E-state index in [1.54, 1.807) is 0 Å². The molecule has 0 saturated heterocycles. The lowest BCUT2D eigenvalue weighted by atomic mass is 10.3. The number of ether oxygens (including phenoxy) is 2. The molecule has 17 heavy (non-hydrogen) atoms. The van der Waals surface area contributed by atoms with Gasteiger partial charge < -0.3 is 9.47 Å². The van der Waals surface area contributed by atoms with Crippen molar-refractivity contribution in [3.05, 3.63) is 11.9 Å². The Morgan fingerprint density at radius 2 is 1.94 bits per heavy atom. The molecule has 0 N–H and O–H groups in total. The third-order valence-corrected chi connectivity index (χ3v) is 3.20. The molecule has 0 aliphatic heterocycles. The second-order valence-corrected chi connectivity index (χ2v) is 5.32. The zero-order valence-electron chi connectivity index (χ0n) is 8.78. The van der Waals surface area contributed by atoms with E-state index in [-0.39, 0.29) is 5.75 Å². The molecule has 0 aromatic carbocycles. The molecule has 1 rings (SSSR count). The Morgan fingerprint density at radius 1 is 1.35 bits per heavy atom. The van der Waals surface area contributed by atoms with Crippen LogP contribution in [-0.4, -0.2) is 27.6 Å². The summed E-state index contributed by atoms with van der Waals surface area (Å²) in [7, 11) is 2.98. The molecule has 0 aliphatic rings. The summed E-state index contributed by atoms with van der Waals surface area (Å²) in [6.45, 7) is 0. The highest BCUT2D eigenvalue weighted by molar-refractivity contribution is 8.13. The molecule has 1 heterocycles. The highest BCUT2D eigenvalue weighted by Crippen LogP contribution is 2.40. The summed E-state index contributed by atoms with van der Waals surface area (Å²) in [4.78, 5) is 2.43. The van der Waals surface area contributed by atoms with Crippen LogP contribution in [0.15, 0.2) is 11.1 Å². The van der Waals surface area contributed by atoms with Crippen LogP contribution >= 0.6 is 10.7 Å². The molecule has 1 aromatic heterocycles. The molecule has 0 spiro atoms. The molecule has 9 heteroatoms. The van der Waals surface area contributed by atoms with Crippen molar-refractivity contribution in [2.24, 2.45) is 0 Å². The number of aromatic nitrogens is 1. The molecule has 0 saturated carbocycles. The Morgan fingerprint density at radius 3 is 2.29 bits per heavy atom. The zero-order valence-corrected chi connectivity index (χ0v) is 10.3. The third kappa shape index (κ3) is 2.75. The van der Waals surface area contributed by atoms with Crippen LogP contribution in [0.1, 0.15) is 12.1 Å². The molecular weight excluding hydrogens is 280 g/mol. The Hall–Kier alpha value is -1.15. The second kappa shape index (κ2) is 5.01. The fraction of sp³-hybridized carbons (Fsp3) is 0.375. The fourth-order valence-electron chi connectivity index (χ4n) is 1.20. The van der Waals surface area contributed by atoms with Crippen molar-refractivity contribution >= 4 is 19.7 Å². The first-order valence-corrected chi connectivity index (χ1v) is 6.47. The number of alkyl halides is 2. The minimum atomic E-state index is -4.43. The van der Waals surface area contributed by atoms with Crippen molar-refractivity contribution in [3.63, 3.8) is 0 Å². The first-order valence-electron chi connectivity index (χ1n) is 4.16. The van der Waals surface area contributed by atoms with Crippen molar-refractivity contribution in [3.8, 4) is 11.5 Å². The molecule has 5 nitrogen and oxygen atoms in total. The van der Waals surface area contributed by atoms with Gasteiger partial charge in [-0.2, -0.15) is 0 Å². The maximum absolute atomic E-state index is 12.6. The van der Waals surface area contributed by atoms with Gasteiger partial charge in [0.25, 0.3) is 15.5 Å². The van der Waals surface area contributed by atoms with Gasteiger partial charge in [0, 0.05) is 10.7 Å². The van der Waals surface area contributed by atoms with Crippen LogP contribution in [0, 0.1) is 0 Å². The molecule has 1 aromatic rings. The zero-order chi connectivity index (χ0) is 13.2. The van der Waals surface area contributed by atoms with Crippen LogP contribution in [0.3, 0.4) is 0 Å². The first kappa shape index (κ1) is 13.9. The van der Waals surface area contributed by atoms with E-state index in [9.17, 15) is 17.2 Å². The van der Waals surface area contributed by atoms with E-state index < -0.39 is 31.8 Å². The van der Waals surface area contributed by atoms with Crippen LogP contribution < -0.4 is 9.47 Å². The van der Waals surface area contributed by atoms with Crippen molar-refractivity contribution in [1.82, 2.24) is 4.98 Å². The summed E-state index contributed by atoms with van der Waals surface area (Å²) < 4.78 is 57.3. The summed E-state index contributed by atoms with van der Waals surface area (Å²) in [5.41, 5.74) is -0.974. The van der Waals surface area contributed by atoms with E-state index >= 15 is 0 Å². The average Bonchev–Trinajstić information content (AvgIpc) is 2.25. The van der Waals surface area contributed by atoms with Crippen molar-refractivity contribution < 1.29 is 26.7 Å². The Balaban J connectivity index is 3.69. The molecule has 0 aliphatic carbocycles. The van der Waals surface area contributed by atoms with Crippen LogP contribution in [0.5, 0.6) is 11.5 Å². The predicted molar refractivity (Wildman–Crippen MR) is 55.3 cm³/mol. The Kier molecular flexibility index (Phi) is 4.10. The highest BCUT2D eigenvalue weighted by Gasteiger charge is 2.30. The fourth-order valence-corrected chi connectivity index (χ4v) is 2.45. The molecule has 0 bridgehead atoms. The van der Waals surface area contributed by atoms with E-state index in [0.29, 0.717) is 0 Å². The van der Waals surface area contributed by atoms with Crippen molar-refractivity contribution in [2.45, 2.75) is 11.3 Å². The van der Waals surface area contributed by atoms with Gasteiger partial charge >= 0.3 is 0 Å². The van der Waals surface area contributed by atoms with E-state index in [0.717, 1.165) is 13.3 Å². The summed E-state index contributed by atoms with van der Waals surface area (Å²) in [5, 5.41) is 0. The van der Waals surface area contributed by atoms with E-state index in [1.165, 1.54) is 7.11 Å². The van der Waals surface area contributed by atoms with Gasteiger partial charge in [0.1, 0.15) is 5.69 Å². The van der Waals surface area contributed by atoms with Gasteiger partial charge in [-0.15, -0.1) is 0 Å². The number of methoxy groups -OCH3 is 2. The van der Waals surface area contributed by atoms with Gasteiger partial charge in [0.05, 0.1) is 20.4 Å². The highest BCUT2D eigenvalue weighted by atomic mass is 35.7. The smallest absolute Gasteiger partial charge is 0.281 e. The van der Waals surface area contributed by atoms with Gasteiger partial charge in [-0.3, -0.25) is 0 Å².